The van der Waals surface area contributed by atoms with E-state index in [1.54, 1.807) is 0 Å². The van der Waals surface area contributed by atoms with Gasteiger partial charge in [-0.3, -0.25) is 4.84 Å². The highest BCUT2D eigenvalue weighted by molar-refractivity contribution is 5.30. The highest BCUT2D eigenvalue weighted by atomic mass is 16.7. The molecule has 1 saturated carbocycles. The fraction of sp³-hybridized carbons (Fsp3) is 0.571. The normalized spacial score (nSPS) is 16.9. The third kappa shape index (κ3) is 3.06. The summed E-state index contributed by atoms with van der Waals surface area (Å²) in [6.07, 6.45) is 5.48. The summed E-state index contributed by atoms with van der Waals surface area (Å²) in [5.74, 6) is 0. The first-order chi connectivity index (χ1) is 7.75. The predicted octanol–water partition coefficient (Wildman–Crippen LogP) is 3.27. The van der Waals surface area contributed by atoms with Gasteiger partial charge in [0.1, 0.15) is 0 Å². The third-order valence-electron chi connectivity index (χ3n) is 3.31. The van der Waals surface area contributed by atoms with E-state index in [4.69, 9.17) is 4.84 Å². The predicted molar refractivity (Wildman–Crippen MR) is 66.1 cm³/mol. The Morgan fingerprint density at radius 2 is 2.00 bits per heavy atom. The maximum absolute atomic E-state index is 5.64. The highest BCUT2D eigenvalue weighted by Gasteiger charge is 2.15. The highest BCUT2D eigenvalue weighted by Crippen LogP contribution is 2.20. The molecule has 2 nitrogen and oxygen atoms in total. The molecule has 0 unspecified atom stereocenters. The van der Waals surface area contributed by atoms with Crippen LogP contribution in [0.1, 0.15) is 42.4 Å². The molecule has 2 rings (SSSR count). The van der Waals surface area contributed by atoms with Crippen LogP contribution in [0.25, 0.3) is 0 Å². The van der Waals surface area contributed by atoms with Gasteiger partial charge in [-0.05, 0) is 37.8 Å². The molecule has 1 aromatic rings. The Kier molecular flexibility index (Phi) is 3.97. The Morgan fingerprint density at radius 1 is 1.25 bits per heavy atom. The van der Waals surface area contributed by atoms with Gasteiger partial charge < -0.3 is 0 Å². The summed E-state index contributed by atoms with van der Waals surface area (Å²) in [6, 6.07) is 6.54. The SMILES string of the molecule is Cc1ccc(CNOC2CCCC2)c(C)c1. The van der Waals surface area contributed by atoms with Crippen molar-refractivity contribution >= 4 is 0 Å². The minimum Gasteiger partial charge on any atom is -0.298 e. The summed E-state index contributed by atoms with van der Waals surface area (Å²) in [6.45, 7) is 5.08. The second-order valence-electron chi connectivity index (χ2n) is 4.78. The topological polar surface area (TPSA) is 21.3 Å². The number of benzene rings is 1. The van der Waals surface area contributed by atoms with Gasteiger partial charge in [0, 0.05) is 6.54 Å². The fourth-order valence-corrected chi connectivity index (χ4v) is 2.29. The molecule has 1 aliphatic carbocycles. The lowest BCUT2D eigenvalue weighted by Crippen LogP contribution is -2.21. The molecule has 1 N–H and O–H groups in total. The van der Waals surface area contributed by atoms with Crippen molar-refractivity contribution < 1.29 is 4.84 Å². The Bertz CT molecular complexity index is 343. The van der Waals surface area contributed by atoms with Crippen LogP contribution in [0.5, 0.6) is 0 Å². The smallest absolute Gasteiger partial charge is 0.0790 e. The van der Waals surface area contributed by atoms with Crippen LogP contribution in [0.3, 0.4) is 0 Å². The zero-order chi connectivity index (χ0) is 11.4. The molecule has 1 fully saturated rings. The maximum atomic E-state index is 5.64. The summed E-state index contributed by atoms with van der Waals surface area (Å²) < 4.78 is 0. The van der Waals surface area contributed by atoms with Crippen LogP contribution in [0, 0.1) is 13.8 Å². The summed E-state index contributed by atoms with van der Waals surface area (Å²) in [7, 11) is 0. The molecule has 0 saturated heterocycles. The van der Waals surface area contributed by atoms with Gasteiger partial charge in [-0.25, -0.2) is 0 Å². The molecular formula is C14H21NO. The number of hydrogen-bond donors (Lipinski definition) is 1. The molecule has 2 heteroatoms. The van der Waals surface area contributed by atoms with E-state index >= 15 is 0 Å². The summed E-state index contributed by atoms with van der Waals surface area (Å²) in [4.78, 5) is 5.64. The lowest BCUT2D eigenvalue weighted by atomic mass is 10.1. The fourth-order valence-electron chi connectivity index (χ4n) is 2.29. The van der Waals surface area contributed by atoms with Crippen molar-refractivity contribution in [3.05, 3.63) is 34.9 Å². The number of nitrogens with one attached hydrogen (secondary N) is 1. The molecule has 0 atom stereocenters. The molecule has 16 heavy (non-hydrogen) atoms. The van der Waals surface area contributed by atoms with Crippen LogP contribution in [0.15, 0.2) is 18.2 Å². The minimum atomic E-state index is 0.436. The van der Waals surface area contributed by atoms with Gasteiger partial charge in [0.05, 0.1) is 6.10 Å². The zero-order valence-electron chi connectivity index (χ0n) is 10.3. The third-order valence-corrected chi connectivity index (χ3v) is 3.31. The number of hydrogen-bond acceptors (Lipinski definition) is 2. The minimum absolute atomic E-state index is 0.436. The average Bonchev–Trinajstić information content (AvgIpc) is 2.74. The molecule has 0 amide bonds. The second-order valence-corrected chi connectivity index (χ2v) is 4.78. The van der Waals surface area contributed by atoms with E-state index in [2.05, 4.69) is 37.5 Å². The van der Waals surface area contributed by atoms with Crippen LogP contribution in [0.4, 0.5) is 0 Å². The van der Waals surface area contributed by atoms with Gasteiger partial charge in [-0.2, -0.15) is 5.48 Å². The quantitative estimate of drug-likeness (QED) is 0.785. The molecule has 1 aromatic carbocycles. The molecule has 0 heterocycles. The van der Waals surface area contributed by atoms with Crippen molar-refractivity contribution in [2.24, 2.45) is 0 Å². The van der Waals surface area contributed by atoms with Crippen LogP contribution in [-0.4, -0.2) is 6.10 Å². The first-order valence-electron chi connectivity index (χ1n) is 6.20. The van der Waals surface area contributed by atoms with E-state index in [1.165, 1.54) is 42.4 Å². The van der Waals surface area contributed by atoms with Gasteiger partial charge >= 0.3 is 0 Å². The monoisotopic (exact) mass is 219 g/mol. The van der Waals surface area contributed by atoms with Crippen molar-refractivity contribution in [2.75, 3.05) is 0 Å². The van der Waals surface area contributed by atoms with Gasteiger partial charge in [0.2, 0.25) is 0 Å². The molecule has 0 spiro atoms. The van der Waals surface area contributed by atoms with Crippen LogP contribution in [0.2, 0.25) is 0 Å². The summed E-state index contributed by atoms with van der Waals surface area (Å²) in [5.41, 5.74) is 7.08. The number of hydroxylamine groups is 1. The first kappa shape index (κ1) is 11.6. The maximum Gasteiger partial charge on any atom is 0.0790 e. The first-order valence-corrected chi connectivity index (χ1v) is 6.20. The number of rotatable bonds is 4. The standard InChI is InChI=1S/C14H21NO/c1-11-7-8-13(12(2)9-11)10-15-16-14-5-3-4-6-14/h7-9,14-15H,3-6,10H2,1-2H3. The van der Waals surface area contributed by atoms with Crippen molar-refractivity contribution in [3.8, 4) is 0 Å². The summed E-state index contributed by atoms with van der Waals surface area (Å²) in [5, 5.41) is 0. The molecular weight excluding hydrogens is 198 g/mol. The van der Waals surface area contributed by atoms with E-state index in [1.807, 2.05) is 0 Å². The Hall–Kier alpha value is -0.860. The van der Waals surface area contributed by atoms with E-state index in [0.29, 0.717) is 6.10 Å². The van der Waals surface area contributed by atoms with E-state index in [0.717, 1.165) is 6.54 Å². The van der Waals surface area contributed by atoms with Gasteiger partial charge in [-0.15, -0.1) is 0 Å². The average molecular weight is 219 g/mol. The van der Waals surface area contributed by atoms with E-state index in [-0.39, 0.29) is 0 Å². The lowest BCUT2D eigenvalue weighted by molar-refractivity contribution is -0.0244. The van der Waals surface area contributed by atoms with Gasteiger partial charge in [-0.1, -0.05) is 36.6 Å². The molecule has 0 aromatic heterocycles. The molecule has 88 valence electrons. The Labute approximate surface area is 98.0 Å². The lowest BCUT2D eigenvalue weighted by Gasteiger charge is -2.13. The Balaban J connectivity index is 1.80. The molecule has 0 radical (unpaired) electrons. The van der Waals surface area contributed by atoms with Crippen molar-refractivity contribution in [3.63, 3.8) is 0 Å². The van der Waals surface area contributed by atoms with Crippen molar-refractivity contribution in [2.45, 2.75) is 52.2 Å². The molecule has 1 aliphatic rings. The van der Waals surface area contributed by atoms with Gasteiger partial charge in [0.25, 0.3) is 0 Å². The second kappa shape index (κ2) is 5.46. The number of aryl methyl sites for hydroxylation is 2. The van der Waals surface area contributed by atoms with Crippen LogP contribution in [-0.2, 0) is 11.4 Å². The zero-order valence-corrected chi connectivity index (χ0v) is 10.3. The largest absolute Gasteiger partial charge is 0.298 e. The Morgan fingerprint density at radius 3 is 2.69 bits per heavy atom. The van der Waals surface area contributed by atoms with Crippen LogP contribution < -0.4 is 5.48 Å². The van der Waals surface area contributed by atoms with Crippen molar-refractivity contribution in [1.29, 1.82) is 0 Å². The van der Waals surface area contributed by atoms with E-state index in [9.17, 15) is 0 Å². The van der Waals surface area contributed by atoms with Gasteiger partial charge in [0.15, 0.2) is 0 Å². The van der Waals surface area contributed by atoms with Crippen molar-refractivity contribution in [1.82, 2.24) is 5.48 Å². The molecule has 0 bridgehead atoms. The molecule has 0 aliphatic heterocycles. The van der Waals surface area contributed by atoms with Crippen LogP contribution >= 0.6 is 0 Å². The summed E-state index contributed by atoms with van der Waals surface area (Å²) >= 11 is 0. The van der Waals surface area contributed by atoms with E-state index < -0.39 is 0 Å².